The van der Waals surface area contributed by atoms with Gasteiger partial charge in [-0.25, -0.2) is 0 Å². The van der Waals surface area contributed by atoms with Crippen LogP contribution in [0.5, 0.6) is 0 Å². The summed E-state index contributed by atoms with van der Waals surface area (Å²) in [5.41, 5.74) is 0. The van der Waals surface area contributed by atoms with Crippen molar-refractivity contribution >= 4 is 0 Å². The molecule has 0 saturated carbocycles. The Bertz CT molecular complexity index is 111. The summed E-state index contributed by atoms with van der Waals surface area (Å²) in [6.07, 6.45) is 3.14. The fourth-order valence-corrected chi connectivity index (χ4v) is 1.54. The van der Waals surface area contributed by atoms with Crippen LogP contribution in [0, 0.1) is 5.92 Å². The highest BCUT2D eigenvalue weighted by Gasteiger charge is 2.08. The van der Waals surface area contributed by atoms with Gasteiger partial charge in [0, 0.05) is 6.04 Å². The summed E-state index contributed by atoms with van der Waals surface area (Å²) in [6, 6.07) is 0.431. The van der Waals surface area contributed by atoms with Gasteiger partial charge in [-0.3, -0.25) is 0 Å². The molecule has 2 unspecified atom stereocenters. The van der Waals surface area contributed by atoms with Crippen LogP contribution in [0.4, 0.5) is 0 Å². The van der Waals surface area contributed by atoms with Gasteiger partial charge in [-0.05, 0) is 32.7 Å². The third-order valence-electron chi connectivity index (χ3n) is 2.60. The molecule has 2 nitrogen and oxygen atoms in total. The van der Waals surface area contributed by atoms with Gasteiger partial charge in [-0.2, -0.15) is 0 Å². The third kappa shape index (κ3) is 7.03. The van der Waals surface area contributed by atoms with Crippen molar-refractivity contribution in [2.45, 2.75) is 59.1 Å². The molecule has 0 bridgehead atoms. The zero-order chi connectivity index (χ0) is 10.3. The summed E-state index contributed by atoms with van der Waals surface area (Å²) in [5.74, 6) is 0.788. The first kappa shape index (κ1) is 12.9. The van der Waals surface area contributed by atoms with Crippen LogP contribution in [0.1, 0.15) is 47.0 Å². The van der Waals surface area contributed by atoms with E-state index in [4.69, 9.17) is 5.11 Å². The lowest BCUT2D eigenvalue weighted by molar-refractivity contribution is 0.169. The molecule has 2 N–H and O–H groups in total. The van der Waals surface area contributed by atoms with Gasteiger partial charge in [0.2, 0.25) is 0 Å². The normalized spacial score (nSPS) is 16.2. The maximum Gasteiger partial charge on any atom is 0.0526 e. The molecule has 0 aromatic heterocycles. The van der Waals surface area contributed by atoms with E-state index in [9.17, 15) is 0 Å². The van der Waals surface area contributed by atoms with Crippen LogP contribution >= 0.6 is 0 Å². The van der Waals surface area contributed by atoms with Crippen LogP contribution in [0.3, 0.4) is 0 Å². The van der Waals surface area contributed by atoms with Crippen molar-refractivity contribution in [2.75, 3.05) is 6.54 Å². The number of aliphatic hydroxyl groups excluding tert-OH is 1. The smallest absolute Gasteiger partial charge is 0.0526 e. The minimum atomic E-state index is -0.191. The molecule has 13 heavy (non-hydrogen) atoms. The van der Waals surface area contributed by atoms with Crippen LogP contribution in [0.15, 0.2) is 0 Å². The summed E-state index contributed by atoms with van der Waals surface area (Å²) >= 11 is 0. The Morgan fingerprint density at radius 2 is 1.69 bits per heavy atom. The quantitative estimate of drug-likeness (QED) is 0.640. The zero-order valence-electron chi connectivity index (χ0n) is 9.51. The average Bonchev–Trinajstić information content (AvgIpc) is 2.05. The topological polar surface area (TPSA) is 32.3 Å². The maximum absolute atomic E-state index is 9.16. The van der Waals surface area contributed by atoms with Crippen molar-refractivity contribution < 1.29 is 5.11 Å². The minimum Gasteiger partial charge on any atom is -0.393 e. The Morgan fingerprint density at radius 3 is 2.08 bits per heavy atom. The van der Waals surface area contributed by atoms with E-state index >= 15 is 0 Å². The van der Waals surface area contributed by atoms with Gasteiger partial charge in [-0.1, -0.05) is 26.7 Å². The molecule has 0 aliphatic rings. The van der Waals surface area contributed by atoms with Gasteiger partial charge < -0.3 is 10.4 Å². The fraction of sp³-hybridized carbons (Fsp3) is 1.00. The summed E-state index contributed by atoms with van der Waals surface area (Å²) < 4.78 is 0. The van der Waals surface area contributed by atoms with E-state index in [1.165, 1.54) is 12.8 Å². The summed E-state index contributed by atoms with van der Waals surface area (Å²) in [6.45, 7) is 9.52. The lowest BCUT2D eigenvalue weighted by atomic mass is 10.0. The number of aliphatic hydroxyl groups is 1. The van der Waals surface area contributed by atoms with Crippen molar-refractivity contribution in [1.82, 2.24) is 5.32 Å². The van der Waals surface area contributed by atoms with Crippen molar-refractivity contribution in [3.8, 4) is 0 Å². The first-order valence-electron chi connectivity index (χ1n) is 5.51. The molecule has 0 heterocycles. The van der Waals surface area contributed by atoms with Gasteiger partial charge >= 0.3 is 0 Å². The predicted molar refractivity (Wildman–Crippen MR) is 57.8 cm³/mol. The van der Waals surface area contributed by atoms with E-state index in [-0.39, 0.29) is 6.10 Å². The van der Waals surface area contributed by atoms with Gasteiger partial charge in [0.15, 0.2) is 0 Å². The monoisotopic (exact) mass is 187 g/mol. The first-order chi connectivity index (χ1) is 6.10. The SMILES string of the molecule is CCC(CC)CNC(C)CC(C)O. The molecule has 0 spiro atoms. The van der Waals surface area contributed by atoms with E-state index in [1.54, 1.807) is 0 Å². The summed E-state index contributed by atoms with van der Waals surface area (Å²) in [4.78, 5) is 0. The molecular formula is C11H25NO. The Labute approximate surface area is 82.7 Å². The Kier molecular flexibility index (Phi) is 7.29. The summed E-state index contributed by atoms with van der Waals surface area (Å²) in [7, 11) is 0. The van der Waals surface area contributed by atoms with Crippen molar-refractivity contribution in [3.63, 3.8) is 0 Å². The average molecular weight is 187 g/mol. The molecule has 0 aliphatic carbocycles. The van der Waals surface area contributed by atoms with E-state index in [0.29, 0.717) is 6.04 Å². The lowest BCUT2D eigenvalue weighted by Gasteiger charge is -2.19. The zero-order valence-corrected chi connectivity index (χ0v) is 9.51. The van der Waals surface area contributed by atoms with Gasteiger partial charge in [-0.15, -0.1) is 0 Å². The van der Waals surface area contributed by atoms with E-state index < -0.39 is 0 Å². The molecule has 0 radical (unpaired) electrons. The van der Waals surface area contributed by atoms with Gasteiger partial charge in [0.1, 0.15) is 0 Å². The highest BCUT2D eigenvalue weighted by molar-refractivity contribution is 4.66. The molecule has 0 amide bonds. The van der Waals surface area contributed by atoms with E-state index in [2.05, 4.69) is 26.1 Å². The second-order valence-electron chi connectivity index (χ2n) is 4.08. The van der Waals surface area contributed by atoms with Crippen molar-refractivity contribution in [2.24, 2.45) is 5.92 Å². The summed E-state index contributed by atoms with van der Waals surface area (Å²) in [5, 5.41) is 12.6. The van der Waals surface area contributed by atoms with Crippen LogP contribution in [-0.4, -0.2) is 23.8 Å². The molecule has 2 atom stereocenters. The largest absolute Gasteiger partial charge is 0.393 e. The number of hydrogen-bond donors (Lipinski definition) is 2. The molecule has 80 valence electrons. The van der Waals surface area contributed by atoms with E-state index in [0.717, 1.165) is 18.9 Å². The number of hydrogen-bond acceptors (Lipinski definition) is 2. The third-order valence-corrected chi connectivity index (χ3v) is 2.60. The Hall–Kier alpha value is -0.0800. The van der Waals surface area contributed by atoms with Gasteiger partial charge in [0.05, 0.1) is 6.10 Å². The highest BCUT2D eigenvalue weighted by Crippen LogP contribution is 2.06. The van der Waals surface area contributed by atoms with Gasteiger partial charge in [0.25, 0.3) is 0 Å². The number of rotatable bonds is 7. The standard InChI is InChI=1S/C11H25NO/c1-5-11(6-2)8-12-9(3)7-10(4)13/h9-13H,5-8H2,1-4H3. The van der Waals surface area contributed by atoms with Crippen LogP contribution in [0.2, 0.25) is 0 Å². The Balaban J connectivity index is 3.49. The van der Waals surface area contributed by atoms with Crippen LogP contribution in [-0.2, 0) is 0 Å². The second kappa shape index (κ2) is 7.34. The molecule has 2 heteroatoms. The molecule has 0 aliphatic heterocycles. The molecule has 0 aromatic carbocycles. The maximum atomic E-state index is 9.16. The highest BCUT2D eigenvalue weighted by atomic mass is 16.3. The number of nitrogens with one attached hydrogen (secondary N) is 1. The molecular weight excluding hydrogens is 162 g/mol. The molecule has 0 aromatic rings. The van der Waals surface area contributed by atoms with Crippen LogP contribution in [0.25, 0.3) is 0 Å². The first-order valence-corrected chi connectivity index (χ1v) is 5.51. The van der Waals surface area contributed by atoms with Crippen molar-refractivity contribution in [1.29, 1.82) is 0 Å². The van der Waals surface area contributed by atoms with Crippen molar-refractivity contribution in [3.05, 3.63) is 0 Å². The molecule has 0 rings (SSSR count). The van der Waals surface area contributed by atoms with E-state index in [1.807, 2.05) is 6.92 Å². The molecule has 0 saturated heterocycles. The predicted octanol–water partition coefficient (Wildman–Crippen LogP) is 2.17. The lowest BCUT2D eigenvalue weighted by Crippen LogP contribution is -2.33. The minimum absolute atomic E-state index is 0.191. The Morgan fingerprint density at radius 1 is 1.15 bits per heavy atom. The van der Waals surface area contributed by atoms with Crippen LogP contribution < -0.4 is 5.32 Å². The second-order valence-corrected chi connectivity index (χ2v) is 4.08. The fourth-order valence-electron chi connectivity index (χ4n) is 1.54. The molecule has 0 fully saturated rings.